The fourth-order valence-corrected chi connectivity index (χ4v) is 2.09. The molecule has 2 rings (SSSR count). The molecule has 0 atom stereocenters. The standard InChI is InChI=1S/C13H17N5O/c1-15-13(19)10-17-4-6-18(7-5-17)12-3-2-11(8-14)16-9-12/h2-3,9H,4-7,10H2,1H3,(H,15,19). The molecule has 1 fully saturated rings. The molecule has 1 N–H and O–H groups in total. The average molecular weight is 259 g/mol. The Morgan fingerprint density at radius 1 is 1.42 bits per heavy atom. The van der Waals surface area contributed by atoms with Crippen molar-refractivity contribution < 1.29 is 4.79 Å². The highest BCUT2D eigenvalue weighted by Gasteiger charge is 2.18. The van der Waals surface area contributed by atoms with Gasteiger partial charge in [-0.1, -0.05) is 0 Å². The molecule has 0 aromatic carbocycles. The number of pyridine rings is 1. The van der Waals surface area contributed by atoms with Crippen LogP contribution >= 0.6 is 0 Å². The molecule has 1 aromatic heterocycles. The summed E-state index contributed by atoms with van der Waals surface area (Å²) in [5.41, 5.74) is 1.46. The van der Waals surface area contributed by atoms with Gasteiger partial charge in [0.25, 0.3) is 0 Å². The third kappa shape index (κ3) is 3.42. The molecule has 100 valence electrons. The molecule has 1 amide bonds. The number of nitriles is 1. The van der Waals surface area contributed by atoms with E-state index in [1.807, 2.05) is 12.1 Å². The molecular weight excluding hydrogens is 242 g/mol. The van der Waals surface area contributed by atoms with Gasteiger partial charge < -0.3 is 10.2 Å². The van der Waals surface area contributed by atoms with Crippen molar-refractivity contribution in [3.8, 4) is 6.07 Å². The van der Waals surface area contributed by atoms with Gasteiger partial charge in [-0.05, 0) is 12.1 Å². The molecule has 19 heavy (non-hydrogen) atoms. The number of nitrogens with one attached hydrogen (secondary N) is 1. The Balaban J connectivity index is 1.89. The van der Waals surface area contributed by atoms with E-state index in [9.17, 15) is 4.79 Å². The molecule has 1 saturated heterocycles. The molecule has 1 aliphatic rings. The third-order valence-corrected chi connectivity index (χ3v) is 3.25. The number of anilines is 1. The summed E-state index contributed by atoms with van der Waals surface area (Å²) in [5.74, 6) is 0.0495. The Morgan fingerprint density at radius 2 is 2.16 bits per heavy atom. The second kappa shape index (κ2) is 6.16. The van der Waals surface area contributed by atoms with Crippen LogP contribution in [-0.2, 0) is 4.79 Å². The minimum absolute atomic E-state index is 0.0495. The molecule has 0 bridgehead atoms. The summed E-state index contributed by atoms with van der Waals surface area (Å²) in [6.07, 6.45) is 1.73. The SMILES string of the molecule is CNC(=O)CN1CCN(c2ccc(C#N)nc2)CC1. The molecular formula is C13H17N5O. The van der Waals surface area contributed by atoms with E-state index in [4.69, 9.17) is 5.26 Å². The van der Waals surface area contributed by atoms with Crippen molar-refractivity contribution in [3.05, 3.63) is 24.0 Å². The van der Waals surface area contributed by atoms with Crippen LogP contribution in [0.25, 0.3) is 0 Å². The van der Waals surface area contributed by atoms with Crippen molar-refractivity contribution in [2.24, 2.45) is 0 Å². The number of piperazine rings is 1. The predicted octanol–water partition coefficient (Wildman–Crippen LogP) is -0.179. The lowest BCUT2D eigenvalue weighted by atomic mass is 10.2. The van der Waals surface area contributed by atoms with E-state index < -0.39 is 0 Å². The lowest BCUT2D eigenvalue weighted by molar-refractivity contribution is -0.121. The maximum atomic E-state index is 11.3. The van der Waals surface area contributed by atoms with Gasteiger partial charge in [0.2, 0.25) is 5.91 Å². The van der Waals surface area contributed by atoms with E-state index >= 15 is 0 Å². The lowest BCUT2D eigenvalue weighted by Gasteiger charge is -2.35. The predicted molar refractivity (Wildman–Crippen MR) is 71.7 cm³/mol. The number of hydrogen-bond donors (Lipinski definition) is 1. The summed E-state index contributed by atoms with van der Waals surface area (Å²) in [4.78, 5) is 19.7. The summed E-state index contributed by atoms with van der Waals surface area (Å²) >= 11 is 0. The largest absolute Gasteiger partial charge is 0.368 e. The molecule has 1 aliphatic heterocycles. The van der Waals surface area contributed by atoms with Gasteiger partial charge in [0.1, 0.15) is 11.8 Å². The zero-order valence-corrected chi connectivity index (χ0v) is 11.0. The average Bonchev–Trinajstić information content (AvgIpc) is 2.48. The first-order valence-electron chi connectivity index (χ1n) is 6.27. The summed E-state index contributed by atoms with van der Waals surface area (Å²) in [6, 6.07) is 5.65. The number of likely N-dealkylation sites (N-methyl/N-ethyl adjacent to an activating group) is 1. The summed E-state index contributed by atoms with van der Waals surface area (Å²) in [7, 11) is 1.65. The highest BCUT2D eigenvalue weighted by Crippen LogP contribution is 2.15. The molecule has 2 heterocycles. The van der Waals surface area contributed by atoms with Crippen molar-refractivity contribution >= 4 is 11.6 Å². The van der Waals surface area contributed by atoms with Gasteiger partial charge >= 0.3 is 0 Å². The van der Waals surface area contributed by atoms with Gasteiger partial charge in [0, 0.05) is 33.2 Å². The number of carbonyl (C=O) groups is 1. The van der Waals surface area contributed by atoms with E-state index in [0.717, 1.165) is 31.9 Å². The van der Waals surface area contributed by atoms with E-state index in [1.54, 1.807) is 19.3 Å². The number of aromatic nitrogens is 1. The number of carbonyl (C=O) groups excluding carboxylic acids is 1. The number of amides is 1. The second-order valence-electron chi connectivity index (χ2n) is 4.45. The highest BCUT2D eigenvalue weighted by molar-refractivity contribution is 5.77. The molecule has 6 heteroatoms. The smallest absolute Gasteiger partial charge is 0.233 e. The molecule has 0 unspecified atom stereocenters. The zero-order valence-electron chi connectivity index (χ0n) is 11.0. The van der Waals surface area contributed by atoms with Gasteiger partial charge in [-0.2, -0.15) is 5.26 Å². The van der Waals surface area contributed by atoms with Gasteiger partial charge in [-0.25, -0.2) is 4.98 Å². The zero-order chi connectivity index (χ0) is 13.7. The molecule has 0 spiro atoms. The molecule has 6 nitrogen and oxygen atoms in total. The van der Waals surface area contributed by atoms with Crippen LogP contribution in [0.5, 0.6) is 0 Å². The van der Waals surface area contributed by atoms with Gasteiger partial charge in [-0.15, -0.1) is 0 Å². The fourth-order valence-electron chi connectivity index (χ4n) is 2.09. The summed E-state index contributed by atoms with van der Waals surface area (Å²) in [5, 5.41) is 11.3. The van der Waals surface area contributed by atoms with Crippen LogP contribution in [0, 0.1) is 11.3 Å². The summed E-state index contributed by atoms with van der Waals surface area (Å²) < 4.78 is 0. The minimum Gasteiger partial charge on any atom is -0.368 e. The minimum atomic E-state index is 0.0495. The van der Waals surface area contributed by atoms with Crippen LogP contribution < -0.4 is 10.2 Å². The Morgan fingerprint density at radius 3 is 2.68 bits per heavy atom. The quantitative estimate of drug-likeness (QED) is 0.815. The first-order chi connectivity index (χ1) is 9.22. The monoisotopic (exact) mass is 259 g/mol. The van der Waals surface area contributed by atoms with Gasteiger partial charge in [-0.3, -0.25) is 9.69 Å². The molecule has 0 saturated carbocycles. The van der Waals surface area contributed by atoms with Gasteiger partial charge in [0.15, 0.2) is 0 Å². The molecule has 0 aliphatic carbocycles. The second-order valence-corrected chi connectivity index (χ2v) is 4.45. The topological polar surface area (TPSA) is 72.3 Å². The van der Waals surface area contributed by atoms with Crippen LogP contribution in [-0.4, -0.2) is 55.6 Å². The first kappa shape index (κ1) is 13.3. The highest BCUT2D eigenvalue weighted by atomic mass is 16.1. The van der Waals surface area contributed by atoms with Crippen LogP contribution in [0.3, 0.4) is 0 Å². The number of hydrogen-bond acceptors (Lipinski definition) is 5. The Hall–Kier alpha value is -2.13. The molecule has 0 radical (unpaired) electrons. The fraction of sp³-hybridized carbons (Fsp3) is 0.462. The number of rotatable bonds is 3. The maximum Gasteiger partial charge on any atom is 0.233 e. The molecule has 1 aromatic rings. The lowest BCUT2D eigenvalue weighted by Crippen LogP contribution is -2.49. The third-order valence-electron chi connectivity index (χ3n) is 3.25. The normalized spacial score (nSPS) is 15.9. The van der Waals surface area contributed by atoms with Crippen LogP contribution in [0.15, 0.2) is 18.3 Å². The van der Waals surface area contributed by atoms with Crippen LogP contribution in [0.4, 0.5) is 5.69 Å². The van der Waals surface area contributed by atoms with Crippen LogP contribution in [0.1, 0.15) is 5.69 Å². The van der Waals surface area contributed by atoms with Crippen molar-refractivity contribution in [2.75, 3.05) is 44.7 Å². The van der Waals surface area contributed by atoms with E-state index in [1.165, 1.54) is 0 Å². The van der Waals surface area contributed by atoms with Crippen molar-refractivity contribution in [1.29, 1.82) is 5.26 Å². The van der Waals surface area contributed by atoms with Crippen molar-refractivity contribution in [1.82, 2.24) is 15.2 Å². The van der Waals surface area contributed by atoms with E-state index in [2.05, 4.69) is 20.1 Å². The van der Waals surface area contributed by atoms with Gasteiger partial charge in [0.05, 0.1) is 18.4 Å². The number of nitrogens with zero attached hydrogens (tertiary/aromatic N) is 4. The van der Waals surface area contributed by atoms with Crippen LogP contribution in [0.2, 0.25) is 0 Å². The Kier molecular flexibility index (Phi) is 4.31. The van der Waals surface area contributed by atoms with Crippen molar-refractivity contribution in [2.45, 2.75) is 0 Å². The van der Waals surface area contributed by atoms with E-state index in [0.29, 0.717) is 12.2 Å². The van der Waals surface area contributed by atoms with Crippen molar-refractivity contribution in [3.63, 3.8) is 0 Å². The summed E-state index contributed by atoms with van der Waals surface area (Å²) in [6.45, 7) is 3.89. The maximum absolute atomic E-state index is 11.3. The Labute approximate surface area is 112 Å². The van der Waals surface area contributed by atoms with E-state index in [-0.39, 0.29) is 5.91 Å². The first-order valence-corrected chi connectivity index (χ1v) is 6.27. The Bertz CT molecular complexity index is 471.